The summed E-state index contributed by atoms with van der Waals surface area (Å²) in [7, 11) is 1.63. The van der Waals surface area contributed by atoms with E-state index in [-0.39, 0.29) is 5.91 Å². The van der Waals surface area contributed by atoms with Crippen molar-refractivity contribution < 1.29 is 14.3 Å². The van der Waals surface area contributed by atoms with E-state index in [1.807, 2.05) is 29.2 Å². The van der Waals surface area contributed by atoms with Crippen LogP contribution < -0.4 is 10.5 Å². The van der Waals surface area contributed by atoms with Crippen molar-refractivity contribution in [3.05, 3.63) is 35.7 Å². The zero-order valence-electron chi connectivity index (χ0n) is 15.2. The first kappa shape index (κ1) is 18.3. The van der Waals surface area contributed by atoms with Gasteiger partial charge in [0, 0.05) is 20.2 Å². The molecule has 0 bridgehead atoms. The van der Waals surface area contributed by atoms with Crippen LogP contribution in [0, 0.1) is 12.8 Å². The number of rotatable bonds is 7. The Kier molecular flexibility index (Phi) is 5.85. The van der Waals surface area contributed by atoms with Crippen LogP contribution in [0.3, 0.4) is 0 Å². The van der Waals surface area contributed by atoms with Gasteiger partial charge in [-0.2, -0.15) is 9.90 Å². The minimum atomic E-state index is -0.0794. The highest BCUT2D eigenvalue weighted by molar-refractivity contribution is 5.93. The Bertz CT molecular complexity index is 744. The first-order chi connectivity index (χ1) is 12.6. The summed E-state index contributed by atoms with van der Waals surface area (Å²) in [5.41, 5.74) is 7.49. The fourth-order valence-corrected chi connectivity index (χ4v) is 2.97. The first-order valence-electron chi connectivity index (χ1n) is 8.78. The SMILES string of the molecule is COCCOc1ccc(-n2nc(C)c(C(=O)N3CC[C@@H](CN)C3)n2)cc1. The van der Waals surface area contributed by atoms with Gasteiger partial charge in [0.2, 0.25) is 0 Å². The van der Waals surface area contributed by atoms with Gasteiger partial charge in [0.1, 0.15) is 12.4 Å². The van der Waals surface area contributed by atoms with E-state index in [4.69, 9.17) is 15.2 Å². The fraction of sp³-hybridized carbons (Fsp3) is 0.500. The van der Waals surface area contributed by atoms with Gasteiger partial charge < -0.3 is 20.1 Å². The van der Waals surface area contributed by atoms with Crippen LogP contribution in [0.15, 0.2) is 24.3 Å². The summed E-state index contributed by atoms with van der Waals surface area (Å²) in [6, 6.07) is 7.40. The van der Waals surface area contributed by atoms with Crippen molar-refractivity contribution in [3.8, 4) is 11.4 Å². The predicted molar refractivity (Wildman–Crippen MR) is 96.5 cm³/mol. The molecule has 1 aliphatic rings. The van der Waals surface area contributed by atoms with Crippen molar-refractivity contribution in [3.63, 3.8) is 0 Å². The van der Waals surface area contributed by atoms with Gasteiger partial charge in [0.25, 0.3) is 5.91 Å². The summed E-state index contributed by atoms with van der Waals surface area (Å²) in [6.45, 7) is 4.85. The maximum atomic E-state index is 12.7. The van der Waals surface area contributed by atoms with Crippen LogP contribution >= 0.6 is 0 Å². The highest BCUT2D eigenvalue weighted by Gasteiger charge is 2.29. The van der Waals surface area contributed by atoms with Crippen LogP contribution in [0.1, 0.15) is 22.6 Å². The summed E-state index contributed by atoms with van der Waals surface area (Å²) in [6.07, 6.45) is 0.944. The van der Waals surface area contributed by atoms with Crippen molar-refractivity contribution in [1.29, 1.82) is 0 Å². The van der Waals surface area contributed by atoms with E-state index in [1.54, 1.807) is 14.0 Å². The Labute approximate surface area is 152 Å². The molecule has 0 saturated carbocycles. The summed E-state index contributed by atoms with van der Waals surface area (Å²) in [4.78, 5) is 16.0. The number of benzene rings is 1. The molecule has 3 rings (SSSR count). The van der Waals surface area contributed by atoms with E-state index in [0.717, 1.165) is 24.4 Å². The Morgan fingerprint density at radius 2 is 2.04 bits per heavy atom. The predicted octanol–water partition coefficient (Wildman–Crippen LogP) is 1.02. The highest BCUT2D eigenvalue weighted by Crippen LogP contribution is 2.19. The number of likely N-dealkylation sites (tertiary alicyclic amines) is 1. The summed E-state index contributed by atoms with van der Waals surface area (Å²) in [5.74, 6) is 1.04. The monoisotopic (exact) mass is 359 g/mol. The third kappa shape index (κ3) is 4.03. The number of aromatic nitrogens is 3. The minimum Gasteiger partial charge on any atom is -0.491 e. The molecule has 1 fully saturated rings. The number of amides is 1. The lowest BCUT2D eigenvalue weighted by molar-refractivity contribution is 0.0780. The molecule has 8 nitrogen and oxygen atoms in total. The first-order valence-corrected chi connectivity index (χ1v) is 8.78. The topological polar surface area (TPSA) is 95.5 Å². The van der Waals surface area contributed by atoms with Crippen molar-refractivity contribution in [1.82, 2.24) is 19.9 Å². The van der Waals surface area contributed by atoms with Gasteiger partial charge in [-0.3, -0.25) is 4.79 Å². The van der Waals surface area contributed by atoms with E-state index < -0.39 is 0 Å². The van der Waals surface area contributed by atoms with E-state index >= 15 is 0 Å². The number of aryl methyl sites for hydroxylation is 1. The second-order valence-corrected chi connectivity index (χ2v) is 6.40. The van der Waals surface area contributed by atoms with Gasteiger partial charge in [-0.15, -0.1) is 5.10 Å². The molecule has 0 spiro atoms. The third-order valence-electron chi connectivity index (χ3n) is 4.51. The lowest BCUT2D eigenvalue weighted by atomic mass is 10.1. The summed E-state index contributed by atoms with van der Waals surface area (Å²) in [5, 5.41) is 8.79. The van der Waals surface area contributed by atoms with Gasteiger partial charge in [-0.25, -0.2) is 0 Å². The Balaban J connectivity index is 1.70. The lowest BCUT2D eigenvalue weighted by Gasteiger charge is -2.14. The maximum Gasteiger partial charge on any atom is 0.276 e. The standard InChI is InChI=1S/C18H25N5O3/c1-13-17(18(24)22-8-7-14(11-19)12-22)21-23(20-13)15-3-5-16(6-4-15)26-10-9-25-2/h3-6,14H,7-12,19H2,1-2H3/t14-/m0/s1. The number of ether oxygens (including phenoxy) is 2. The number of nitrogens with two attached hydrogens (primary N) is 1. The Hall–Kier alpha value is -2.45. The third-order valence-corrected chi connectivity index (χ3v) is 4.51. The minimum absolute atomic E-state index is 0.0794. The Morgan fingerprint density at radius 1 is 1.27 bits per heavy atom. The van der Waals surface area contributed by atoms with Crippen molar-refractivity contribution in [2.45, 2.75) is 13.3 Å². The largest absolute Gasteiger partial charge is 0.491 e. The Morgan fingerprint density at radius 3 is 2.69 bits per heavy atom. The molecular weight excluding hydrogens is 334 g/mol. The molecular formula is C18H25N5O3. The van der Waals surface area contributed by atoms with E-state index in [2.05, 4.69) is 10.2 Å². The number of carbonyl (C=O) groups excluding carboxylic acids is 1. The maximum absolute atomic E-state index is 12.7. The van der Waals surface area contributed by atoms with Crippen LogP contribution in [0.25, 0.3) is 5.69 Å². The zero-order valence-corrected chi connectivity index (χ0v) is 15.2. The van der Waals surface area contributed by atoms with Gasteiger partial charge in [0.05, 0.1) is 18.0 Å². The molecule has 1 atom stereocenters. The molecule has 1 amide bonds. The number of carbonyl (C=O) groups is 1. The van der Waals surface area contributed by atoms with Crippen molar-refractivity contribution in [2.75, 3.05) is 40.0 Å². The van der Waals surface area contributed by atoms with Crippen LogP contribution in [0.4, 0.5) is 0 Å². The molecule has 0 aliphatic carbocycles. The molecule has 0 radical (unpaired) electrons. The van der Waals surface area contributed by atoms with Crippen LogP contribution in [0.5, 0.6) is 5.75 Å². The van der Waals surface area contributed by atoms with Crippen LogP contribution in [-0.2, 0) is 4.74 Å². The van der Waals surface area contributed by atoms with Gasteiger partial charge >= 0.3 is 0 Å². The molecule has 140 valence electrons. The number of hydrogen-bond acceptors (Lipinski definition) is 6. The molecule has 26 heavy (non-hydrogen) atoms. The van der Waals surface area contributed by atoms with Crippen LogP contribution in [-0.4, -0.2) is 65.8 Å². The quantitative estimate of drug-likeness (QED) is 0.742. The number of methoxy groups -OCH3 is 1. The average Bonchev–Trinajstić information content (AvgIpc) is 3.29. The molecule has 2 aromatic rings. The molecule has 2 heterocycles. The summed E-state index contributed by atoms with van der Waals surface area (Å²) < 4.78 is 10.5. The molecule has 2 N–H and O–H groups in total. The summed E-state index contributed by atoms with van der Waals surface area (Å²) >= 11 is 0. The number of hydrogen-bond donors (Lipinski definition) is 1. The molecule has 1 aromatic carbocycles. The van der Waals surface area contributed by atoms with E-state index in [1.165, 1.54) is 4.80 Å². The van der Waals surface area contributed by atoms with Gasteiger partial charge in [-0.05, 0) is 50.1 Å². The van der Waals surface area contributed by atoms with E-state index in [9.17, 15) is 4.79 Å². The van der Waals surface area contributed by atoms with Gasteiger partial charge in [-0.1, -0.05) is 0 Å². The fourth-order valence-electron chi connectivity index (χ4n) is 2.97. The molecule has 0 unspecified atom stereocenters. The molecule has 8 heteroatoms. The van der Waals surface area contributed by atoms with Gasteiger partial charge in [0.15, 0.2) is 5.69 Å². The highest BCUT2D eigenvalue weighted by atomic mass is 16.5. The average molecular weight is 359 g/mol. The molecule has 1 saturated heterocycles. The van der Waals surface area contributed by atoms with Crippen LogP contribution in [0.2, 0.25) is 0 Å². The van der Waals surface area contributed by atoms with Crippen molar-refractivity contribution in [2.24, 2.45) is 11.7 Å². The van der Waals surface area contributed by atoms with Crippen molar-refractivity contribution >= 4 is 5.91 Å². The second kappa shape index (κ2) is 8.29. The normalized spacial score (nSPS) is 16.9. The second-order valence-electron chi connectivity index (χ2n) is 6.40. The zero-order chi connectivity index (χ0) is 18.5. The molecule has 1 aliphatic heterocycles. The lowest BCUT2D eigenvalue weighted by Crippen LogP contribution is -2.30. The van der Waals surface area contributed by atoms with E-state index in [0.29, 0.717) is 43.6 Å². The number of nitrogens with zero attached hydrogens (tertiary/aromatic N) is 4. The smallest absolute Gasteiger partial charge is 0.276 e. The molecule has 1 aromatic heterocycles.